The van der Waals surface area contributed by atoms with E-state index < -0.39 is 8.07 Å². The summed E-state index contributed by atoms with van der Waals surface area (Å²) < 4.78 is 0. The molecule has 2 aliphatic carbocycles. The molecule has 0 bridgehead atoms. The standard InChI is InChI=1S/C22H22Cl2Si/c1-3-25(4-2,21-17-11-7-5-9-15(17)13-19(21)23)22-18-12-8-6-10-16(18)14-20(22)24/h5-14,21-22H,3-4H2,1-2H3. The molecule has 2 aliphatic rings. The summed E-state index contributed by atoms with van der Waals surface area (Å²) >= 11 is 13.7. The Morgan fingerprint density at radius 3 is 1.52 bits per heavy atom. The first-order chi connectivity index (χ1) is 12.1. The maximum absolute atomic E-state index is 6.87. The van der Waals surface area contributed by atoms with Crippen LogP contribution in [0.3, 0.4) is 0 Å². The van der Waals surface area contributed by atoms with Gasteiger partial charge in [-0.1, -0.05) is 97.7 Å². The molecule has 0 radical (unpaired) electrons. The molecule has 0 nitrogen and oxygen atoms in total. The smallest absolute Gasteiger partial charge is 0.0808 e. The fourth-order valence-electron chi connectivity index (χ4n) is 4.97. The average Bonchev–Trinajstić information content (AvgIpc) is 3.14. The first-order valence-corrected chi connectivity index (χ1v) is 12.4. The van der Waals surface area contributed by atoms with Crippen molar-refractivity contribution in [1.82, 2.24) is 0 Å². The number of hydrogen-bond donors (Lipinski definition) is 0. The van der Waals surface area contributed by atoms with Crippen molar-refractivity contribution >= 4 is 43.4 Å². The van der Waals surface area contributed by atoms with E-state index in [0.29, 0.717) is 11.1 Å². The summed E-state index contributed by atoms with van der Waals surface area (Å²) in [5.41, 5.74) is 6.02. The lowest BCUT2D eigenvalue weighted by Crippen LogP contribution is -2.46. The molecule has 0 aliphatic heterocycles. The van der Waals surface area contributed by atoms with Crippen LogP contribution in [0.1, 0.15) is 47.2 Å². The van der Waals surface area contributed by atoms with Crippen molar-refractivity contribution in [3.05, 3.63) is 80.8 Å². The molecule has 2 unspecified atom stereocenters. The van der Waals surface area contributed by atoms with Gasteiger partial charge in [0.2, 0.25) is 0 Å². The molecule has 4 rings (SSSR count). The summed E-state index contributed by atoms with van der Waals surface area (Å²) in [4.78, 5) is 0. The molecule has 0 saturated heterocycles. The molecule has 2 aromatic rings. The molecule has 0 N–H and O–H groups in total. The second-order valence-electron chi connectivity index (χ2n) is 7.12. The predicted octanol–water partition coefficient (Wildman–Crippen LogP) is 7.31. The predicted molar refractivity (Wildman–Crippen MR) is 113 cm³/mol. The van der Waals surface area contributed by atoms with E-state index in [1.165, 1.54) is 22.3 Å². The molecule has 2 aromatic carbocycles. The van der Waals surface area contributed by atoms with Crippen LogP contribution in [0.25, 0.3) is 12.2 Å². The van der Waals surface area contributed by atoms with Gasteiger partial charge in [0.05, 0.1) is 8.07 Å². The highest BCUT2D eigenvalue weighted by atomic mass is 35.5. The molecule has 128 valence electrons. The van der Waals surface area contributed by atoms with Crippen LogP contribution in [-0.2, 0) is 0 Å². The summed E-state index contributed by atoms with van der Waals surface area (Å²) in [7, 11) is -1.91. The van der Waals surface area contributed by atoms with E-state index in [4.69, 9.17) is 23.2 Å². The van der Waals surface area contributed by atoms with Crippen molar-refractivity contribution in [2.75, 3.05) is 0 Å². The molecule has 0 aromatic heterocycles. The van der Waals surface area contributed by atoms with Crippen LogP contribution < -0.4 is 0 Å². The van der Waals surface area contributed by atoms with Gasteiger partial charge in [0, 0.05) is 21.1 Å². The van der Waals surface area contributed by atoms with E-state index in [0.717, 1.165) is 22.2 Å². The molecule has 0 spiro atoms. The number of halogens is 2. The zero-order valence-electron chi connectivity index (χ0n) is 14.6. The van der Waals surface area contributed by atoms with E-state index in [-0.39, 0.29) is 0 Å². The highest BCUT2D eigenvalue weighted by Gasteiger charge is 2.51. The highest BCUT2D eigenvalue weighted by Crippen LogP contribution is 2.56. The first-order valence-electron chi connectivity index (χ1n) is 9.04. The van der Waals surface area contributed by atoms with Gasteiger partial charge in [-0.15, -0.1) is 0 Å². The van der Waals surface area contributed by atoms with Crippen molar-refractivity contribution < 1.29 is 0 Å². The lowest BCUT2D eigenvalue weighted by molar-refractivity contribution is 0.958. The van der Waals surface area contributed by atoms with Crippen molar-refractivity contribution in [3.8, 4) is 0 Å². The van der Waals surface area contributed by atoms with Crippen LogP contribution in [-0.4, -0.2) is 8.07 Å². The molecule has 2 atom stereocenters. The van der Waals surface area contributed by atoms with Gasteiger partial charge in [-0.25, -0.2) is 0 Å². The minimum atomic E-state index is -1.91. The number of rotatable bonds is 4. The fourth-order valence-corrected chi connectivity index (χ4v) is 12.2. The molecule has 0 saturated carbocycles. The molecular formula is C22H22Cl2Si. The first kappa shape index (κ1) is 17.1. The van der Waals surface area contributed by atoms with Crippen molar-refractivity contribution in [1.29, 1.82) is 0 Å². The molecule has 0 fully saturated rings. The Morgan fingerprint density at radius 1 is 0.720 bits per heavy atom. The molecule has 0 heterocycles. The maximum atomic E-state index is 6.87. The van der Waals surface area contributed by atoms with Crippen molar-refractivity contribution in [2.45, 2.75) is 37.0 Å². The Hall–Kier alpha value is -1.28. The number of allylic oxidation sites excluding steroid dienone is 2. The topological polar surface area (TPSA) is 0 Å². The SMILES string of the molecule is CC[Si](CC)(C1C(Cl)=Cc2ccccc21)C1C(Cl)=Cc2ccccc21. The van der Waals surface area contributed by atoms with Gasteiger partial charge in [0.25, 0.3) is 0 Å². The third kappa shape index (κ3) is 2.48. The Bertz CT molecular complexity index is 808. The Morgan fingerprint density at radius 2 is 1.12 bits per heavy atom. The number of fused-ring (bicyclic) bond motifs is 2. The zero-order valence-corrected chi connectivity index (χ0v) is 17.1. The van der Waals surface area contributed by atoms with Crippen LogP contribution in [0.4, 0.5) is 0 Å². The lowest BCUT2D eigenvalue weighted by atomic mass is 10.1. The monoisotopic (exact) mass is 384 g/mol. The molecular weight excluding hydrogens is 363 g/mol. The third-order valence-electron chi connectivity index (χ3n) is 6.22. The Balaban J connectivity index is 1.91. The van der Waals surface area contributed by atoms with E-state index in [1.807, 2.05) is 0 Å². The molecule has 0 amide bonds. The fraction of sp³-hybridized carbons (Fsp3) is 0.273. The van der Waals surface area contributed by atoms with Crippen LogP contribution in [0, 0.1) is 0 Å². The van der Waals surface area contributed by atoms with Gasteiger partial charge in [-0.3, -0.25) is 0 Å². The van der Waals surface area contributed by atoms with E-state index in [9.17, 15) is 0 Å². The van der Waals surface area contributed by atoms with Gasteiger partial charge in [0.15, 0.2) is 0 Å². The van der Waals surface area contributed by atoms with Crippen molar-refractivity contribution in [2.24, 2.45) is 0 Å². The quantitative estimate of drug-likeness (QED) is 0.484. The largest absolute Gasteiger partial charge is 0.0888 e. The van der Waals surface area contributed by atoms with Crippen molar-refractivity contribution in [3.63, 3.8) is 0 Å². The summed E-state index contributed by atoms with van der Waals surface area (Å²) in [6, 6.07) is 19.7. The Labute approximate surface area is 161 Å². The Kier molecular flexibility index (Phi) is 4.43. The van der Waals surface area contributed by atoms with Gasteiger partial charge in [0.1, 0.15) is 0 Å². The average molecular weight is 385 g/mol. The minimum absolute atomic E-state index is 0.332. The van der Waals surface area contributed by atoms with Gasteiger partial charge < -0.3 is 0 Å². The van der Waals surface area contributed by atoms with E-state index in [2.05, 4.69) is 74.5 Å². The van der Waals surface area contributed by atoms with E-state index >= 15 is 0 Å². The second kappa shape index (κ2) is 6.46. The van der Waals surface area contributed by atoms with Crippen LogP contribution in [0.15, 0.2) is 58.6 Å². The summed E-state index contributed by atoms with van der Waals surface area (Å²) in [6.45, 7) is 4.68. The van der Waals surface area contributed by atoms with Gasteiger partial charge in [-0.05, 0) is 34.4 Å². The third-order valence-corrected chi connectivity index (χ3v) is 13.4. The molecule has 25 heavy (non-hydrogen) atoms. The van der Waals surface area contributed by atoms with Crippen LogP contribution in [0.2, 0.25) is 12.1 Å². The van der Waals surface area contributed by atoms with Crippen LogP contribution >= 0.6 is 23.2 Å². The number of hydrogen-bond acceptors (Lipinski definition) is 0. The highest BCUT2D eigenvalue weighted by molar-refractivity contribution is 6.85. The molecule has 3 heteroatoms. The lowest BCUT2D eigenvalue weighted by Gasteiger charge is -2.42. The number of benzene rings is 2. The van der Waals surface area contributed by atoms with Gasteiger partial charge >= 0.3 is 0 Å². The summed E-state index contributed by atoms with van der Waals surface area (Å²) in [5.74, 6) is 0. The zero-order chi connectivity index (χ0) is 17.6. The second-order valence-corrected chi connectivity index (χ2v) is 13.0. The summed E-state index contributed by atoms with van der Waals surface area (Å²) in [6.07, 6.45) is 4.35. The van der Waals surface area contributed by atoms with Crippen LogP contribution in [0.5, 0.6) is 0 Å². The summed E-state index contributed by atoms with van der Waals surface area (Å²) in [5, 5.41) is 2.01. The van der Waals surface area contributed by atoms with Gasteiger partial charge in [-0.2, -0.15) is 0 Å². The normalized spacial score (nSPS) is 21.6. The maximum Gasteiger partial charge on any atom is 0.0808 e. The van der Waals surface area contributed by atoms with E-state index in [1.54, 1.807) is 0 Å². The minimum Gasteiger partial charge on any atom is -0.0888 e.